The van der Waals surface area contributed by atoms with Crippen molar-refractivity contribution in [3.05, 3.63) is 23.2 Å². The Bertz CT molecular complexity index is 627. The summed E-state index contributed by atoms with van der Waals surface area (Å²) in [7, 11) is -3.48. The molecule has 0 atom stereocenters. The van der Waals surface area contributed by atoms with Crippen LogP contribution in [0.4, 0.5) is 11.4 Å². The van der Waals surface area contributed by atoms with Gasteiger partial charge in [0.2, 0.25) is 5.91 Å². The molecule has 0 bridgehead atoms. The molecule has 1 aliphatic rings. The maximum Gasteiger partial charge on any atom is 0.239 e. The van der Waals surface area contributed by atoms with Gasteiger partial charge in [-0.15, -0.1) is 0 Å². The predicted octanol–water partition coefficient (Wildman–Crippen LogP) is 1.45. The maximum atomic E-state index is 12.2. The number of halogens is 1. The van der Waals surface area contributed by atoms with Crippen LogP contribution in [0.5, 0.6) is 0 Å². The minimum atomic E-state index is -3.48. The molecule has 1 aliphatic heterocycles. The van der Waals surface area contributed by atoms with Gasteiger partial charge in [-0.3, -0.25) is 4.79 Å². The number of hydrogen-bond acceptors (Lipinski definition) is 5. The highest BCUT2D eigenvalue weighted by Gasteiger charge is 2.29. The molecule has 1 aromatic carbocycles. The van der Waals surface area contributed by atoms with Gasteiger partial charge in [-0.1, -0.05) is 11.6 Å². The first-order valence-corrected chi connectivity index (χ1v) is 8.62. The molecule has 3 N–H and O–H groups in total. The molecule has 1 amide bonds. The van der Waals surface area contributed by atoms with Crippen molar-refractivity contribution in [2.24, 2.45) is 0 Å². The first-order chi connectivity index (χ1) is 9.88. The third-order valence-electron chi connectivity index (χ3n) is 3.28. The first kappa shape index (κ1) is 16.1. The van der Waals surface area contributed by atoms with E-state index in [-0.39, 0.29) is 5.02 Å². The van der Waals surface area contributed by atoms with Gasteiger partial charge in [0.15, 0.2) is 9.84 Å². The molecule has 8 heteroatoms. The van der Waals surface area contributed by atoms with Crippen LogP contribution in [0.15, 0.2) is 18.2 Å². The Morgan fingerprint density at radius 2 is 2.05 bits per heavy atom. The molecule has 0 unspecified atom stereocenters. The summed E-state index contributed by atoms with van der Waals surface area (Å²) in [6.45, 7) is 0.824. The van der Waals surface area contributed by atoms with Gasteiger partial charge in [0, 0.05) is 18.9 Å². The highest BCUT2D eigenvalue weighted by atomic mass is 35.5. The van der Waals surface area contributed by atoms with Crippen LogP contribution in [-0.4, -0.2) is 38.5 Å². The van der Waals surface area contributed by atoms with Crippen LogP contribution in [0.1, 0.15) is 12.8 Å². The van der Waals surface area contributed by atoms with E-state index in [2.05, 4.69) is 5.32 Å². The van der Waals surface area contributed by atoms with Gasteiger partial charge in [-0.2, -0.15) is 0 Å². The third kappa shape index (κ3) is 4.33. The van der Waals surface area contributed by atoms with Gasteiger partial charge in [-0.05, 0) is 31.0 Å². The summed E-state index contributed by atoms with van der Waals surface area (Å²) >= 11 is 5.93. The van der Waals surface area contributed by atoms with E-state index >= 15 is 0 Å². The number of benzene rings is 1. The van der Waals surface area contributed by atoms with E-state index in [4.69, 9.17) is 22.1 Å². The summed E-state index contributed by atoms with van der Waals surface area (Å²) in [6.07, 6.45) is 0.858. The standard InChI is InChI=1S/C13H17ClN2O4S/c14-11-7-9(15)1-2-12(11)16-13(17)8-21(18,19)10-3-5-20-6-4-10/h1-2,7,10H,3-6,8,15H2,(H,16,17). The van der Waals surface area contributed by atoms with E-state index in [1.807, 2.05) is 0 Å². The SMILES string of the molecule is Nc1ccc(NC(=O)CS(=O)(=O)C2CCOCC2)c(Cl)c1. The molecular formula is C13H17ClN2O4S. The average Bonchev–Trinajstić information content (AvgIpc) is 2.42. The van der Waals surface area contributed by atoms with Crippen LogP contribution in [0.2, 0.25) is 5.02 Å². The molecule has 0 radical (unpaired) electrons. The zero-order chi connectivity index (χ0) is 15.5. The first-order valence-electron chi connectivity index (χ1n) is 6.52. The largest absolute Gasteiger partial charge is 0.399 e. The molecule has 116 valence electrons. The second-order valence-electron chi connectivity index (χ2n) is 4.91. The number of nitrogens with two attached hydrogens (primary N) is 1. The highest BCUT2D eigenvalue weighted by Crippen LogP contribution is 2.24. The fourth-order valence-electron chi connectivity index (χ4n) is 2.15. The number of hydrogen-bond donors (Lipinski definition) is 2. The van der Waals surface area contributed by atoms with Crippen molar-refractivity contribution in [3.8, 4) is 0 Å². The van der Waals surface area contributed by atoms with Gasteiger partial charge < -0.3 is 15.8 Å². The molecule has 0 saturated carbocycles. The Hall–Kier alpha value is -1.31. The maximum absolute atomic E-state index is 12.2. The van der Waals surface area contributed by atoms with E-state index in [9.17, 15) is 13.2 Å². The van der Waals surface area contributed by atoms with Crippen LogP contribution in [-0.2, 0) is 19.4 Å². The Labute approximate surface area is 128 Å². The summed E-state index contributed by atoms with van der Waals surface area (Å²) in [5, 5.41) is 2.25. The molecule has 2 rings (SSSR count). The lowest BCUT2D eigenvalue weighted by molar-refractivity contribution is -0.113. The quantitative estimate of drug-likeness (QED) is 0.813. The smallest absolute Gasteiger partial charge is 0.239 e. The molecule has 0 spiro atoms. The Morgan fingerprint density at radius 3 is 2.67 bits per heavy atom. The molecule has 21 heavy (non-hydrogen) atoms. The van der Waals surface area contributed by atoms with Crippen molar-refractivity contribution >= 4 is 38.7 Å². The molecular weight excluding hydrogens is 316 g/mol. The minimum Gasteiger partial charge on any atom is -0.399 e. The number of sulfone groups is 1. The molecule has 6 nitrogen and oxygen atoms in total. The number of rotatable bonds is 4. The monoisotopic (exact) mass is 332 g/mol. The van der Waals surface area contributed by atoms with E-state index in [1.54, 1.807) is 6.07 Å². The average molecular weight is 333 g/mol. The number of nitrogen functional groups attached to an aromatic ring is 1. The summed E-state index contributed by atoms with van der Waals surface area (Å²) < 4.78 is 29.4. The van der Waals surface area contributed by atoms with Gasteiger partial charge in [0.05, 0.1) is 16.0 Å². The molecule has 1 aromatic rings. The summed E-state index contributed by atoms with van der Waals surface area (Å²) in [4.78, 5) is 11.9. The molecule has 1 heterocycles. The van der Waals surface area contributed by atoms with Crippen LogP contribution < -0.4 is 11.1 Å². The predicted molar refractivity (Wildman–Crippen MR) is 82.1 cm³/mol. The second-order valence-corrected chi connectivity index (χ2v) is 7.59. The van der Waals surface area contributed by atoms with Crippen LogP contribution in [0.25, 0.3) is 0 Å². The topological polar surface area (TPSA) is 98.5 Å². The lowest BCUT2D eigenvalue weighted by Crippen LogP contribution is -2.34. The van der Waals surface area contributed by atoms with Gasteiger partial charge in [-0.25, -0.2) is 8.42 Å². The summed E-state index contributed by atoms with van der Waals surface area (Å²) in [6, 6.07) is 4.61. The summed E-state index contributed by atoms with van der Waals surface area (Å²) in [5.74, 6) is -1.16. The second kappa shape index (κ2) is 6.64. The number of nitrogens with one attached hydrogen (secondary N) is 1. The highest BCUT2D eigenvalue weighted by molar-refractivity contribution is 7.92. The molecule has 0 aliphatic carbocycles. The number of ether oxygens (including phenoxy) is 1. The number of carbonyl (C=O) groups excluding carboxylic acids is 1. The van der Waals surface area contributed by atoms with Crippen molar-refractivity contribution < 1.29 is 17.9 Å². The molecule has 0 aromatic heterocycles. The van der Waals surface area contributed by atoms with E-state index < -0.39 is 26.7 Å². The number of anilines is 2. The fraction of sp³-hybridized carbons (Fsp3) is 0.462. The van der Waals surface area contributed by atoms with Gasteiger partial charge in [0.25, 0.3) is 0 Å². The normalized spacial score (nSPS) is 16.6. The number of carbonyl (C=O) groups is 1. The number of amides is 1. The van der Waals surface area contributed by atoms with E-state index in [0.717, 1.165) is 0 Å². The zero-order valence-corrected chi connectivity index (χ0v) is 12.9. The summed E-state index contributed by atoms with van der Waals surface area (Å²) in [5.41, 5.74) is 6.36. The lowest BCUT2D eigenvalue weighted by atomic mass is 10.2. The van der Waals surface area contributed by atoms with Crippen molar-refractivity contribution in [2.75, 3.05) is 30.0 Å². The van der Waals surface area contributed by atoms with Gasteiger partial charge >= 0.3 is 0 Å². The lowest BCUT2D eigenvalue weighted by Gasteiger charge is -2.21. The van der Waals surface area contributed by atoms with Crippen LogP contribution in [0, 0.1) is 0 Å². The zero-order valence-electron chi connectivity index (χ0n) is 11.3. The fourth-order valence-corrected chi connectivity index (χ4v) is 3.97. The van der Waals surface area contributed by atoms with Crippen molar-refractivity contribution in [1.29, 1.82) is 0 Å². The van der Waals surface area contributed by atoms with Crippen LogP contribution >= 0.6 is 11.6 Å². The Balaban J connectivity index is 2.00. The Morgan fingerprint density at radius 1 is 1.38 bits per heavy atom. The van der Waals surface area contributed by atoms with Crippen molar-refractivity contribution in [1.82, 2.24) is 0 Å². The van der Waals surface area contributed by atoms with E-state index in [0.29, 0.717) is 37.4 Å². The van der Waals surface area contributed by atoms with Crippen molar-refractivity contribution in [2.45, 2.75) is 18.1 Å². The van der Waals surface area contributed by atoms with Crippen molar-refractivity contribution in [3.63, 3.8) is 0 Å². The third-order valence-corrected chi connectivity index (χ3v) is 5.74. The minimum absolute atomic E-state index is 0.270. The molecule has 1 saturated heterocycles. The molecule has 1 fully saturated rings. The Kier molecular flexibility index (Phi) is 5.08. The van der Waals surface area contributed by atoms with Crippen LogP contribution in [0.3, 0.4) is 0 Å². The van der Waals surface area contributed by atoms with Gasteiger partial charge in [0.1, 0.15) is 5.75 Å². The van der Waals surface area contributed by atoms with E-state index in [1.165, 1.54) is 12.1 Å².